The van der Waals surface area contributed by atoms with E-state index in [0.717, 1.165) is 48.3 Å². The molecular weight excluding hydrogens is 636 g/mol. The van der Waals surface area contributed by atoms with Crippen LogP contribution in [0.15, 0.2) is 36.7 Å². The van der Waals surface area contributed by atoms with Crippen LogP contribution in [-0.4, -0.2) is 92.9 Å². The lowest BCUT2D eigenvalue weighted by Crippen LogP contribution is -2.53. The summed E-state index contributed by atoms with van der Waals surface area (Å²) in [7, 11) is 3.06. The van der Waals surface area contributed by atoms with E-state index in [1.807, 2.05) is 56.9 Å². The van der Waals surface area contributed by atoms with E-state index >= 15 is 0 Å². The summed E-state index contributed by atoms with van der Waals surface area (Å²) in [6, 6.07) is 5.38. The van der Waals surface area contributed by atoms with Gasteiger partial charge in [-0.05, 0) is 61.1 Å². The number of H-pyrrole nitrogens is 2. The van der Waals surface area contributed by atoms with Gasteiger partial charge in [-0.3, -0.25) is 9.59 Å². The molecule has 0 aliphatic carbocycles. The molecule has 0 saturated carbocycles. The van der Waals surface area contributed by atoms with Crippen LogP contribution < -0.4 is 21.3 Å². The van der Waals surface area contributed by atoms with Crippen LogP contribution in [0.25, 0.3) is 11.3 Å². The third-order valence-corrected chi connectivity index (χ3v) is 9.32. The number of nitrogens with zero attached hydrogens (tertiary/aromatic N) is 4. The number of hydrogen-bond donors (Lipinski definition) is 6. The van der Waals surface area contributed by atoms with Gasteiger partial charge in [-0.2, -0.15) is 0 Å². The lowest BCUT2D eigenvalue weighted by molar-refractivity contribution is -0.136. The van der Waals surface area contributed by atoms with E-state index in [0.29, 0.717) is 24.6 Å². The molecule has 6 N–H and O–H groups in total. The van der Waals surface area contributed by atoms with E-state index in [-0.39, 0.29) is 47.8 Å². The van der Waals surface area contributed by atoms with Crippen molar-refractivity contribution in [1.82, 2.24) is 51.0 Å². The lowest BCUT2D eigenvalue weighted by Gasteiger charge is -2.30. The second kappa shape index (κ2) is 15.9. The number of nitrogens with one attached hydrogen (secondary N) is 6. The van der Waals surface area contributed by atoms with Gasteiger partial charge in [0, 0.05) is 32.7 Å². The highest BCUT2D eigenvalue weighted by Gasteiger charge is 2.38. The molecule has 266 valence electrons. The molecule has 1 aromatic carbocycles. The van der Waals surface area contributed by atoms with E-state index in [1.54, 1.807) is 17.3 Å². The van der Waals surface area contributed by atoms with Crippen LogP contribution in [0.4, 0.5) is 9.59 Å². The van der Waals surface area contributed by atoms with Gasteiger partial charge < -0.3 is 41.0 Å². The summed E-state index contributed by atoms with van der Waals surface area (Å²) >= 11 is 0. The minimum atomic E-state index is -0.635. The van der Waals surface area contributed by atoms with Crippen molar-refractivity contribution in [2.75, 3.05) is 27.2 Å². The van der Waals surface area contributed by atoms with Crippen molar-refractivity contribution in [3.05, 3.63) is 59.6 Å². The third kappa shape index (κ3) is 8.10. The Balaban J connectivity index is 1.23. The van der Waals surface area contributed by atoms with E-state index in [1.165, 1.54) is 14.1 Å². The first-order valence-corrected chi connectivity index (χ1v) is 17.3. The van der Waals surface area contributed by atoms with E-state index in [9.17, 15) is 19.2 Å². The van der Waals surface area contributed by atoms with Crippen molar-refractivity contribution < 1.29 is 19.2 Å². The minimum Gasteiger partial charge on any atom is -0.341 e. The Morgan fingerprint density at radius 1 is 0.740 bits per heavy atom. The van der Waals surface area contributed by atoms with Crippen LogP contribution in [0.1, 0.15) is 88.4 Å². The number of rotatable bonds is 9. The number of imidazole rings is 2. The van der Waals surface area contributed by atoms with Crippen LogP contribution >= 0.6 is 0 Å². The topological polar surface area (TPSA) is 180 Å². The summed E-state index contributed by atoms with van der Waals surface area (Å²) < 4.78 is 0. The fourth-order valence-electron chi connectivity index (χ4n) is 6.54. The number of aromatic nitrogens is 4. The van der Waals surface area contributed by atoms with Gasteiger partial charge in [-0.15, -0.1) is 0 Å². The van der Waals surface area contributed by atoms with E-state index < -0.39 is 12.1 Å². The zero-order chi connectivity index (χ0) is 35.9. The molecule has 2 aliphatic heterocycles. The van der Waals surface area contributed by atoms with Crippen molar-refractivity contribution in [3.8, 4) is 23.1 Å². The highest BCUT2D eigenvalue weighted by Crippen LogP contribution is 2.33. The predicted octanol–water partition coefficient (Wildman–Crippen LogP) is 3.43. The monoisotopic (exact) mass is 684 g/mol. The number of hydrogen-bond acceptors (Lipinski definition) is 6. The average molecular weight is 685 g/mol. The summed E-state index contributed by atoms with van der Waals surface area (Å²) in [5.74, 6) is 7.36. The molecule has 6 amide bonds. The van der Waals surface area contributed by atoms with Crippen molar-refractivity contribution in [3.63, 3.8) is 0 Å². The Labute approximate surface area is 293 Å². The quantitative estimate of drug-likeness (QED) is 0.188. The molecule has 2 saturated heterocycles. The minimum absolute atomic E-state index is 0.0683. The van der Waals surface area contributed by atoms with Crippen LogP contribution in [0.3, 0.4) is 0 Å². The third-order valence-electron chi connectivity index (χ3n) is 9.32. The Morgan fingerprint density at radius 2 is 1.24 bits per heavy atom. The number of benzene rings is 1. The molecule has 2 aromatic heterocycles. The molecular formula is C36H48N10O4. The molecule has 50 heavy (non-hydrogen) atoms. The number of aromatic amines is 2. The largest absolute Gasteiger partial charge is 0.341 e. The maximum absolute atomic E-state index is 13.5. The molecule has 0 bridgehead atoms. The van der Waals surface area contributed by atoms with Crippen LogP contribution in [0.2, 0.25) is 0 Å². The Morgan fingerprint density at radius 3 is 1.74 bits per heavy atom. The summed E-state index contributed by atoms with van der Waals surface area (Å²) in [4.78, 5) is 70.4. The molecule has 2 aliphatic rings. The lowest BCUT2D eigenvalue weighted by atomic mass is 10.0. The van der Waals surface area contributed by atoms with Crippen molar-refractivity contribution in [1.29, 1.82) is 0 Å². The summed E-state index contributed by atoms with van der Waals surface area (Å²) in [5.41, 5.74) is 3.23. The second-order valence-corrected chi connectivity index (χ2v) is 13.5. The molecule has 14 heteroatoms. The van der Waals surface area contributed by atoms with Crippen LogP contribution in [0.5, 0.6) is 0 Å². The molecule has 1 unspecified atom stereocenters. The first-order chi connectivity index (χ1) is 24.0. The molecule has 14 nitrogen and oxygen atoms in total. The van der Waals surface area contributed by atoms with Gasteiger partial charge in [-0.1, -0.05) is 45.7 Å². The van der Waals surface area contributed by atoms with E-state index in [2.05, 4.69) is 53.0 Å². The molecule has 5 rings (SSSR count). The van der Waals surface area contributed by atoms with Crippen LogP contribution in [0, 0.1) is 23.7 Å². The Hall–Kier alpha value is -5.32. The molecule has 3 aromatic rings. The Kier molecular flexibility index (Phi) is 11.5. The SMILES string of the molecule is CNC(=O)N[C@H](C(=O)N1CCCC1c1ncc(C#Cc2ccc(-c3cnc([C@@H]4CCCN4C(=O)[C@@H](NC(=O)NC)C(C)C)[nH]3)cc2)[nH]1)C(C)C. The maximum Gasteiger partial charge on any atom is 0.315 e. The number of likely N-dealkylation sites (tertiary alicyclic amines) is 2. The number of urea groups is 2. The van der Waals surface area contributed by atoms with Crippen molar-refractivity contribution in [2.45, 2.75) is 77.5 Å². The van der Waals surface area contributed by atoms with Gasteiger partial charge in [0.05, 0.1) is 30.2 Å². The zero-order valence-electron chi connectivity index (χ0n) is 29.6. The normalized spacial score (nSPS) is 18.4. The summed E-state index contributed by atoms with van der Waals surface area (Å²) in [5, 5.41) is 10.6. The molecule has 2 fully saturated rings. The average Bonchev–Trinajstić information content (AvgIpc) is 3.94. The van der Waals surface area contributed by atoms with Crippen molar-refractivity contribution in [2.24, 2.45) is 11.8 Å². The predicted molar refractivity (Wildman–Crippen MR) is 188 cm³/mol. The van der Waals surface area contributed by atoms with Gasteiger partial charge in [0.25, 0.3) is 0 Å². The van der Waals surface area contributed by atoms with Gasteiger partial charge in [0.2, 0.25) is 11.8 Å². The molecule has 4 atom stereocenters. The van der Waals surface area contributed by atoms with Gasteiger partial charge in [0.15, 0.2) is 0 Å². The first-order valence-electron chi connectivity index (χ1n) is 17.3. The molecule has 0 radical (unpaired) electrons. The second-order valence-electron chi connectivity index (χ2n) is 13.5. The van der Waals surface area contributed by atoms with Gasteiger partial charge >= 0.3 is 12.1 Å². The smallest absolute Gasteiger partial charge is 0.315 e. The summed E-state index contributed by atoms with van der Waals surface area (Å²) in [6.45, 7) is 8.87. The fraction of sp³-hybridized carbons (Fsp3) is 0.500. The van der Waals surface area contributed by atoms with Crippen LogP contribution in [-0.2, 0) is 9.59 Å². The standard InChI is InChI=1S/C36H48N10O4/c1-21(2)29(43-35(49)37-5)33(47)45-17-7-9-27(45)31-39-19-25(41-31)16-13-23-11-14-24(15-12-23)26-20-40-32(42-26)28-10-8-18-46(28)34(48)30(22(3)4)44-36(50)38-6/h11-12,14-15,19-22,27-30H,7-10,17-18H2,1-6H3,(H,39,41)(H,40,42)(H2,37,43,49)(H2,38,44,50)/t27?,28-,29-,30-/m0/s1. The fourth-order valence-corrected chi connectivity index (χ4v) is 6.54. The summed E-state index contributed by atoms with van der Waals surface area (Å²) in [6.07, 6.45) is 6.72. The molecule has 4 heterocycles. The maximum atomic E-state index is 13.5. The zero-order valence-corrected chi connectivity index (χ0v) is 29.6. The highest BCUT2D eigenvalue weighted by molar-refractivity contribution is 5.88. The number of amides is 6. The van der Waals surface area contributed by atoms with Crippen molar-refractivity contribution >= 4 is 23.9 Å². The van der Waals surface area contributed by atoms with Gasteiger partial charge in [-0.25, -0.2) is 19.6 Å². The van der Waals surface area contributed by atoms with E-state index in [4.69, 9.17) is 0 Å². The first kappa shape index (κ1) is 36.0. The van der Waals surface area contributed by atoms with Gasteiger partial charge in [0.1, 0.15) is 29.4 Å². The highest BCUT2D eigenvalue weighted by atomic mass is 16.2. The number of carbonyl (C=O) groups excluding carboxylic acids is 4. The molecule has 0 spiro atoms. The number of carbonyl (C=O) groups is 4. The Bertz CT molecular complexity index is 1730.